The van der Waals surface area contributed by atoms with E-state index in [1.165, 1.54) is 23.1 Å². The van der Waals surface area contributed by atoms with Gasteiger partial charge in [-0.25, -0.2) is 0 Å². The molecule has 2 aromatic carbocycles. The van der Waals surface area contributed by atoms with Gasteiger partial charge in [0.05, 0.1) is 0 Å². The van der Waals surface area contributed by atoms with Crippen molar-refractivity contribution in [1.82, 2.24) is 4.90 Å². The highest BCUT2D eigenvalue weighted by Crippen LogP contribution is 2.58. The number of carbonyl (C=O) groups is 1. The second-order valence-corrected chi connectivity index (χ2v) is 9.35. The molecule has 2 saturated heterocycles. The van der Waals surface area contributed by atoms with Gasteiger partial charge in [-0.1, -0.05) is 74.0 Å². The highest BCUT2D eigenvalue weighted by Gasteiger charge is 2.55. The van der Waals surface area contributed by atoms with Gasteiger partial charge < -0.3 is 4.90 Å². The van der Waals surface area contributed by atoms with Crippen LogP contribution in [0.5, 0.6) is 0 Å². The summed E-state index contributed by atoms with van der Waals surface area (Å²) in [5.74, 6) is 1.08. The van der Waals surface area contributed by atoms with Gasteiger partial charge in [0.1, 0.15) is 5.78 Å². The predicted octanol–water partition coefficient (Wildman–Crippen LogP) is 5.57. The Morgan fingerprint density at radius 2 is 1.75 bits per heavy atom. The second-order valence-electron chi connectivity index (χ2n) is 9.35. The minimum atomic E-state index is 0.0623. The number of rotatable bonds is 4. The number of piperidine rings is 1. The number of hydrogen-bond donors (Lipinski definition) is 0. The van der Waals surface area contributed by atoms with Crippen molar-refractivity contribution >= 4 is 5.78 Å². The summed E-state index contributed by atoms with van der Waals surface area (Å²) in [6, 6.07) is 20.3. The zero-order chi connectivity index (χ0) is 19.9. The predicted molar refractivity (Wildman–Crippen MR) is 116 cm³/mol. The third-order valence-corrected chi connectivity index (χ3v) is 7.44. The Balaban J connectivity index is 1.95. The van der Waals surface area contributed by atoms with E-state index >= 15 is 0 Å². The molecule has 148 valence electrons. The number of fused-ring (bicyclic) bond motifs is 4. The molecule has 0 spiro atoms. The van der Waals surface area contributed by atoms with Gasteiger partial charge >= 0.3 is 0 Å². The maximum absolute atomic E-state index is 13.4. The lowest BCUT2D eigenvalue weighted by Crippen LogP contribution is -2.47. The highest BCUT2D eigenvalue weighted by molar-refractivity contribution is 5.83. The van der Waals surface area contributed by atoms with Gasteiger partial charge in [0.25, 0.3) is 0 Å². The van der Waals surface area contributed by atoms with Crippen molar-refractivity contribution in [2.45, 2.75) is 57.9 Å². The molecular formula is C26H33NO. The Labute approximate surface area is 170 Å². The molecule has 0 aromatic heterocycles. The van der Waals surface area contributed by atoms with Gasteiger partial charge in [-0.2, -0.15) is 0 Å². The number of aryl methyl sites for hydroxylation is 1. The second kappa shape index (κ2) is 7.48. The normalized spacial score (nSPS) is 32.9. The lowest BCUT2D eigenvalue weighted by molar-refractivity contribution is -0.125. The van der Waals surface area contributed by atoms with Crippen molar-refractivity contribution in [3.8, 4) is 0 Å². The van der Waals surface area contributed by atoms with Crippen molar-refractivity contribution < 1.29 is 4.79 Å². The molecule has 2 nitrogen and oxygen atoms in total. The molecule has 0 radical (unpaired) electrons. The fourth-order valence-corrected chi connectivity index (χ4v) is 6.16. The molecule has 0 amide bonds. The molecule has 3 aliphatic rings. The lowest BCUT2D eigenvalue weighted by Gasteiger charge is -2.44. The fraction of sp³-hybridized carbons (Fsp3) is 0.500. The van der Waals surface area contributed by atoms with Crippen LogP contribution in [0.3, 0.4) is 0 Å². The van der Waals surface area contributed by atoms with E-state index in [4.69, 9.17) is 0 Å². The molecule has 2 aromatic rings. The third-order valence-electron chi connectivity index (χ3n) is 7.44. The maximum atomic E-state index is 13.4. The minimum Gasteiger partial charge on any atom is -0.302 e. The first-order valence-electron chi connectivity index (χ1n) is 10.8. The SMILES string of the molecule is CCC(=O)[C@@H]1C2CCC(C)(CN2C)[C@@H](c2ccccc2)[C@@H]1c1ccc(C)cc1. The monoisotopic (exact) mass is 375 g/mol. The Bertz CT molecular complexity index is 827. The van der Waals surface area contributed by atoms with Gasteiger partial charge in [0.2, 0.25) is 0 Å². The largest absolute Gasteiger partial charge is 0.302 e. The number of benzene rings is 2. The van der Waals surface area contributed by atoms with Crippen molar-refractivity contribution in [2.24, 2.45) is 11.3 Å². The average molecular weight is 376 g/mol. The highest BCUT2D eigenvalue weighted by atomic mass is 16.1. The summed E-state index contributed by atoms with van der Waals surface area (Å²) < 4.78 is 0. The van der Waals surface area contributed by atoms with E-state index in [1.54, 1.807) is 0 Å². The summed E-state index contributed by atoms with van der Waals surface area (Å²) in [4.78, 5) is 15.9. The van der Waals surface area contributed by atoms with Crippen molar-refractivity contribution in [3.63, 3.8) is 0 Å². The molecule has 1 saturated carbocycles. The molecule has 2 heteroatoms. The van der Waals surface area contributed by atoms with Crippen LogP contribution in [0.1, 0.15) is 61.6 Å². The molecule has 2 bridgehead atoms. The third kappa shape index (κ3) is 3.22. The fourth-order valence-electron chi connectivity index (χ4n) is 6.16. The van der Waals surface area contributed by atoms with Gasteiger partial charge in [-0.15, -0.1) is 0 Å². The average Bonchev–Trinajstić information content (AvgIpc) is 2.88. The number of ketones is 1. The van der Waals surface area contributed by atoms with Gasteiger partial charge in [0, 0.05) is 30.8 Å². The van der Waals surface area contributed by atoms with Crippen LogP contribution >= 0.6 is 0 Å². The molecule has 5 rings (SSSR count). The van der Waals surface area contributed by atoms with Crippen LogP contribution in [0.4, 0.5) is 0 Å². The summed E-state index contributed by atoms with van der Waals surface area (Å²) in [7, 11) is 2.23. The van der Waals surface area contributed by atoms with Crippen LogP contribution in [-0.2, 0) is 4.79 Å². The summed E-state index contributed by atoms with van der Waals surface area (Å²) in [5.41, 5.74) is 4.17. The van der Waals surface area contributed by atoms with Crippen molar-refractivity contribution in [3.05, 3.63) is 71.3 Å². The maximum Gasteiger partial charge on any atom is 0.137 e. The van der Waals surface area contributed by atoms with Crippen LogP contribution in [0.15, 0.2) is 54.6 Å². The number of nitrogens with zero attached hydrogens (tertiary/aromatic N) is 1. The van der Waals surface area contributed by atoms with Crippen molar-refractivity contribution in [2.75, 3.05) is 13.6 Å². The number of hydrogen-bond acceptors (Lipinski definition) is 2. The Morgan fingerprint density at radius 3 is 2.36 bits per heavy atom. The van der Waals surface area contributed by atoms with E-state index in [2.05, 4.69) is 80.4 Å². The van der Waals surface area contributed by atoms with E-state index in [0.717, 1.165) is 13.0 Å². The van der Waals surface area contributed by atoms with E-state index in [-0.39, 0.29) is 17.3 Å². The first kappa shape index (κ1) is 19.4. The molecule has 1 aliphatic carbocycles. The zero-order valence-electron chi connectivity index (χ0n) is 17.7. The first-order chi connectivity index (χ1) is 13.4. The van der Waals surface area contributed by atoms with E-state index in [0.29, 0.717) is 24.2 Å². The van der Waals surface area contributed by atoms with Crippen LogP contribution < -0.4 is 0 Å². The zero-order valence-corrected chi connectivity index (χ0v) is 17.7. The Morgan fingerprint density at radius 1 is 1.07 bits per heavy atom. The Kier molecular flexibility index (Phi) is 5.18. The quantitative estimate of drug-likeness (QED) is 0.696. The van der Waals surface area contributed by atoms with Crippen LogP contribution in [0.2, 0.25) is 0 Å². The van der Waals surface area contributed by atoms with E-state index < -0.39 is 0 Å². The molecule has 2 unspecified atom stereocenters. The standard InChI is InChI=1S/C26H33NO/c1-5-22(28)24-21-15-16-26(3,17-27(21)4)25(20-9-7-6-8-10-20)23(24)19-13-11-18(2)12-14-19/h6-14,21,23-25H,5,15-17H2,1-4H3/t21?,23-,24+,25+,26?/m1/s1. The first-order valence-corrected chi connectivity index (χ1v) is 10.8. The topological polar surface area (TPSA) is 20.3 Å². The van der Waals surface area contributed by atoms with Crippen LogP contribution in [0, 0.1) is 18.3 Å². The smallest absolute Gasteiger partial charge is 0.137 e. The summed E-state index contributed by atoms with van der Waals surface area (Å²) in [5, 5.41) is 0. The summed E-state index contributed by atoms with van der Waals surface area (Å²) >= 11 is 0. The molecule has 28 heavy (non-hydrogen) atoms. The van der Waals surface area contributed by atoms with E-state index in [1.807, 2.05) is 6.92 Å². The van der Waals surface area contributed by atoms with Gasteiger partial charge in [-0.3, -0.25) is 4.79 Å². The van der Waals surface area contributed by atoms with Crippen molar-refractivity contribution in [1.29, 1.82) is 0 Å². The molecular weight excluding hydrogens is 342 g/mol. The molecule has 3 fully saturated rings. The summed E-state index contributed by atoms with van der Waals surface area (Å²) in [6.45, 7) is 7.69. The lowest BCUT2D eigenvalue weighted by atomic mass is 9.62. The van der Waals surface area contributed by atoms with Gasteiger partial charge in [0.15, 0.2) is 0 Å². The molecule has 0 N–H and O–H groups in total. The van der Waals surface area contributed by atoms with Gasteiger partial charge in [-0.05, 0) is 49.3 Å². The number of carbonyl (C=O) groups excluding carboxylic acids is 1. The molecule has 2 aliphatic heterocycles. The summed E-state index contributed by atoms with van der Waals surface area (Å²) in [6.07, 6.45) is 2.93. The minimum absolute atomic E-state index is 0.0623. The molecule has 2 heterocycles. The van der Waals surface area contributed by atoms with E-state index in [9.17, 15) is 4.79 Å². The Hall–Kier alpha value is -1.93. The molecule has 5 atom stereocenters. The number of Topliss-reactive ketones (excluding diaryl/α,β-unsaturated/α-hetero) is 1. The van der Waals surface area contributed by atoms with Crippen LogP contribution in [0.25, 0.3) is 0 Å². The van der Waals surface area contributed by atoms with Crippen LogP contribution in [-0.4, -0.2) is 30.3 Å².